The molecule has 0 unspecified atom stereocenters. The SMILES string of the molecule is CO.O=CCSc1cnc(NC(=O)N(CCOCc2c(F)cccc2C(F)(F)F)C2CCCCC2)s1. The number of anilines is 1. The van der Waals surface area contributed by atoms with E-state index < -0.39 is 29.7 Å². The maximum absolute atomic E-state index is 14.0. The number of thiazole rings is 1. The number of halogens is 4. The lowest BCUT2D eigenvalue weighted by molar-refractivity contribution is -0.139. The zero-order valence-corrected chi connectivity index (χ0v) is 21.4. The minimum Gasteiger partial charge on any atom is -0.400 e. The fourth-order valence-electron chi connectivity index (χ4n) is 3.81. The molecule has 0 atom stereocenters. The predicted octanol–water partition coefficient (Wildman–Crippen LogP) is 5.58. The zero-order chi connectivity index (χ0) is 26.6. The number of aliphatic hydroxyl groups is 1. The van der Waals surface area contributed by atoms with Crippen LogP contribution in [0.2, 0.25) is 0 Å². The Bertz CT molecular complexity index is 969. The number of hydrogen-bond donors (Lipinski definition) is 2. The molecule has 0 aliphatic heterocycles. The molecule has 0 radical (unpaired) electrons. The number of aromatic nitrogens is 1. The van der Waals surface area contributed by atoms with Crippen LogP contribution in [0.15, 0.2) is 28.6 Å². The maximum atomic E-state index is 14.0. The first-order chi connectivity index (χ1) is 17.3. The molecule has 1 aromatic heterocycles. The molecule has 1 fully saturated rings. The number of amides is 2. The molecular weight excluding hydrogens is 522 g/mol. The van der Waals surface area contributed by atoms with Gasteiger partial charge in [0.15, 0.2) is 5.13 Å². The van der Waals surface area contributed by atoms with Crippen LogP contribution >= 0.6 is 23.1 Å². The Morgan fingerprint density at radius 2 is 2.03 bits per heavy atom. The molecule has 7 nitrogen and oxygen atoms in total. The van der Waals surface area contributed by atoms with Gasteiger partial charge in [-0.15, -0.1) is 11.8 Å². The summed E-state index contributed by atoms with van der Waals surface area (Å²) in [6.45, 7) is -0.455. The zero-order valence-electron chi connectivity index (χ0n) is 19.7. The van der Waals surface area contributed by atoms with E-state index in [2.05, 4.69) is 10.3 Å². The van der Waals surface area contributed by atoms with Crippen molar-refractivity contribution in [1.82, 2.24) is 9.88 Å². The molecule has 1 saturated carbocycles. The summed E-state index contributed by atoms with van der Waals surface area (Å²) >= 11 is 2.57. The number of carbonyl (C=O) groups is 2. The summed E-state index contributed by atoms with van der Waals surface area (Å²) in [4.78, 5) is 29.3. The van der Waals surface area contributed by atoms with Gasteiger partial charge in [0.2, 0.25) is 0 Å². The van der Waals surface area contributed by atoms with Crippen LogP contribution < -0.4 is 5.32 Å². The van der Waals surface area contributed by atoms with Crippen LogP contribution in [0.25, 0.3) is 0 Å². The molecule has 2 amide bonds. The summed E-state index contributed by atoms with van der Waals surface area (Å²) < 4.78 is 59.8. The standard InChI is InChI=1S/C22H25F4N3O3S2.CH4O/c23-18-8-4-7-17(22(24,25)26)16(18)14-32-11-9-29(15-5-2-1-3-6-15)21(31)28-20-27-13-19(34-20)33-12-10-30;1-2/h4,7-8,10,13,15H,1-3,5-6,9,11-12,14H2,(H,27,28,31);2H,1H3. The first-order valence-corrected chi connectivity index (χ1v) is 13.1. The number of benzene rings is 1. The Labute approximate surface area is 215 Å². The third-order valence-corrected chi connectivity index (χ3v) is 7.42. The summed E-state index contributed by atoms with van der Waals surface area (Å²) in [5.41, 5.74) is -1.62. The summed E-state index contributed by atoms with van der Waals surface area (Å²) in [6.07, 6.45) is 2.34. The van der Waals surface area contributed by atoms with E-state index in [-0.39, 0.29) is 25.2 Å². The van der Waals surface area contributed by atoms with Crippen molar-refractivity contribution in [3.8, 4) is 0 Å². The molecule has 13 heteroatoms. The van der Waals surface area contributed by atoms with Gasteiger partial charge in [0, 0.05) is 25.3 Å². The highest BCUT2D eigenvalue weighted by molar-refractivity contribution is 8.01. The Hall–Kier alpha value is -2.22. The largest absolute Gasteiger partial charge is 0.416 e. The van der Waals surface area contributed by atoms with Gasteiger partial charge >= 0.3 is 12.2 Å². The van der Waals surface area contributed by atoms with Crippen LogP contribution in [0.3, 0.4) is 0 Å². The van der Waals surface area contributed by atoms with Gasteiger partial charge < -0.3 is 19.5 Å². The smallest absolute Gasteiger partial charge is 0.400 e. The molecule has 0 spiro atoms. The van der Waals surface area contributed by atoms with Crippen LogP contribution in [-0.4, -0.2) is 59.4 Å². The molecular formula is C23H29F4N3O4S2. The normalized spacial score (nSPS) is 14.1. The van der Waals surface area contributed by atoms with E-state index in [0.717, 1.165) is 67.9 Å². The van der Waals surface area contributed by atoms with Crippen molar-refractivity contribution in [2.75, 3.05) is 31.3 Å². The molecule has 0 bridgehead atoms. The number of ether oxygens (including phenoxy) is 1. The number of aliphatic hydroxyl groups excluding tert-OH is 1. The van der Waals surface area contributed by atoms with Gasteiger partial charge in [-0.2, -0.15) is 13.2 Å². The Kier molecular flexibility index (Phi) is 12.6. The topological polar surface area (TPSA) is 91.8 Å². The molecule has 1 aliphatic rings. The van der Waals surface area contributed by atoms with Crippen molar-refractivity contribution in [1.29, 1.82) is 0 Å². The fourth-order valence-corrected chi connectivity index (χ4v) is 5.39. The molecule has 2 N–H and O–H groups in total. The Morgan fingerprint density at radius 1 is 1.31 bits per heavy atom. The lowest BCUT2D eigenvalue weighted by Gasteiger charge is -2.34. The van der Waals surface area contributed by atoms with E-state index in [0.29, 0.717) is 10.9 Å². The molecule has 1 aromatic carbocycles. The van der Waals surface area contributed by atoms with Crippen molar-refractivity contribution in [2.45, 2.75) is 55.1 Å². The average Bonchev–Trinajstić information content (AvgIpc) is 3.31. The molecule has 3 rings (SSSR count). The third-order valence-electron chi connectivity index (χ3n) is 5.42. The minimum absolute atomic E-state index is 0.0274. The minimum atomic E-state index is -4.69. The highest BCUT2D eigenvalue weighted by Gasteiger charge is 2.34. The summed E-state index contributed by atoms with van der Waals surface area (Å²) in [5.74, 6) is -0.692. The van der Waals surface area contributed by atoms with E-state index in [4.69, 9.17) is 9.84 Å². The second-order valence-electron chi connectivity index (χ2n) is 7.69. The van der Waals surface area contributed by atoms with Gasteiger partial charge in [0.05, 0.1) is 34.9 Å². The summed E-state index contributed by atoms with van der Waals surface area (Å²) in [6, 6.07) is 2.39. The van der Waals surface area contributed by atoms with E-state index >= 15 is 0 Å². The van der Waals surface area contributed by atoms with Gasteiger partial charge in [-0.1, -0.05) is 36.7 Å². The van der Waals surface area contributed by atoms with Crippen molar-refractivity contribution >= 4 is 40.5 Å². The molecule has 0 saturated heterocycles. The number of nitrogens with zero attached hydrogens (tertiary/aromatic N) is 2. The number of urea groups is 1. The monoisotopic (exact) mass is 551 g/mol. The van der Waals surface area contributed by atoms with E-state index in [1.165, 1.54) is 23.1 Å². The van der Waals surface area contributed by atoms with Gasteiger partial charge in [0.1, 0.15) is 12.1 Å². The first kappa shape index (κ1) is 30.0. The van der Waals surface area contributed by atoms with Crippen molar-refractivity contribution < 1.29 is 37.0 Å². The quantitative estimate of drug-likeness (QED) is 0.173. The number of aldehydes is 1. The summed E-state index contributed by atoms with van der Waals surface area (Å²) in [5, 5.41) is 10.2. The van der Waals surface area contributed by atoms with Crippen molar-refractivity contribution in [3.05, 3.63) is 41.3 Å². The van der Waals surface area contributed by atoms with Gasteiger partial charge in [0.25, 0.3) is 0 Å². The lowest BCUT2D eigenvalue weighted by Crippen LogP contribution is -2.45. The van der Waals surface area contributed by atoms with Crippen molar-refractivity contribution in [2.24, 2.45) is 0 Å². The van der Waals surface area contributed by atoms with Gasteiger partial charge in [-0.25, -0.2) is 14.2 Å². The highest BCUT2D eigenvalue weighted by atomic mass is 32.2. The molecule has 1 heterocycles. The van der Waals surface area contributed by atoms with Crippen molar-refractivity contribution in [3.63, 3.8) is 0 Å². The van der Waals surface area contributed by atoms with E-state index in [9.17, 15) is 27.2 Å². The molecule has 200 valence electrons. The van der Waals surface area contributed by atoms with Crippen LogP contribution in [0.5, 0.6) is 0 Å². The van der Waals surface area contributed by atoms with Crippen LogP contribution in [0, 0.1) is 5.82 Å². The van der Waals surface area contributed by atoms with E-state index in [1.807, 2.05) is 0 Å². The Morgan fingerprint density at radius 3 is 2.69 bits per heavy atom. The lowest BCUT2D eigenvalue weighted by atomic mass is 9.94. The second-order valence-corrected chi connectivity index (χ2v) is 10.0. The number of thioether (sulfide) groups is 1. The van der Waals surface area contributed by atoms with E-state index in [1.54, 1.807) is 11.1 Å². The number of carbonyl (C=O) groups excluding carboxylic acids is 2. The molecule has 2 aromatic rings. The fraction of sp³-hybridized carbons (Fsp3) is 0.522. The summed E-state index contributed by atoms with van der Waals surface area (Å²) in [7, 11) is 1.00. The maximum Gasteiger partial charge on any atom is 0.416 e. The number of alkyl halides is 3. The number of hydrogen-bond acceptors (Lipinski definition) is 7. The Balaban J connectivity index is 0.00000222. The van der Waals surface area contributed by atoms with Crippen LogP contribution in [-0.2, 0) is 22.3 Å². The third kappa shape index (κ3) is 9.02. The molecule has 1 aliphatic carbocycles. The average molecular weight is 552 g/mol. The van der Waals surface area contributed by atoms with Gasteiger partial charge in [-0.05, 0) is 25.0 Å². The van der Waals surface area contributed by atoms with Crippen LogP contribution in [0.4, 0.5) is 27.5 Å². The number of rotatable bonds is 10. The number of nitrogens with one attached hydrogen (secondary N) is 1. The highest BCUT2D eigenvalue weighted by Crippen LogP contribution is 2.33. The second kappa shape index (κ2) is 15.1. The predicted molar refractivity (Wildman–Crippen MR) is 131 cm³/mol. The van der Waals surface area contributed by atoms with Crippen LogP contribution in [0.1, 0.15) is 43.2 Å². The first-order valence-electron chi connectivity index (χ1n) is 11.3. The van der Waals surface area contributed by atoms with Gasteiger partial charge in [-0.3, -0.25) is 5.32 Å². The molecule has 36 heavy (non-hydrogen) atoms.